The molecule has 0 aliphatic carbocycles. The number of carbonyl (C=O) groups is 3. The Kier molecular flexibility index (Phi) is 57.5. The van der Waals surface area contributed by atoms with E-state index < -0.39 is 6.10 Å². The van der Waals surface area contributed by atoms with E-state index in [1.165, 1.54) is 83.5 Å². The number of allylic oxidation sites excluding steroid dienone is 26. The Morgan fingerprint density at radius 2 is 0.560 bits per heavy atom. The van der Waals surface area contributed by atoms with Gasteiger partial charge in [0.2, 0.25) is 0 Å². The van der Waals surface area contributed by atoms with Crippen molar-refractivity contribution in [2.75, 3.05) is 13.2 Å². The Labute approximate surface area is 460 Å². The van der Waals surface area contributed by atoms with Gasteiger partial charge in [0.15, 0.2) is 6.10 Å². The standard InChI is InChI=1S/C69H108O6/c1-4-7-10-13-16-19-22-25-27-29-31-33-34-36-37-39-41-44-47-50-53-56-59-62-68(71)74-65-66(64-73-67(70)61-58-55-52-49-46-43-24-21-18-15-12-9-6-3)75-69(72)63-60-57-54-51-48-45-42-40-38-35-32-30-28-26-23-20-17-14-11-8-5-2/h7,9-10,12,16,18-19,21,23,25-27,30-33,36-37,41,43-44,46,50,52-53,55,66H,4-6,8,11,13-15,17,20,22,24,28-29,34-35,38-40,42,45,47-49,51,54,56-65H2,1-3H3/b10-7-,12-9-,19-16-,21-18-,26-23-,27-25-,32-30-,33-31-,37-36-,44-41-,46-43-,53-50-,55-52-. The minimum atomic E-state index is -0.841. The first-order chi connectivity index (χ1) is 37.0. The second-order valence-electron chi connectivity index (χ2n) is 19.1. The predicted molar refractivity (Wildman–Crippen MR) is 325 cm³/mol. The molecule has 0 saturated heterocycles. The summed E-state index contributed by atoms with van der Waals surface area (Å²) in [5.41, 5.74) is 0. The molecule has 0 N–H and O–H groups in total. The van der Waals surface area contributed by atoms with E-state index in [2.05, 4.69) is 167 Å². The maximum Gasteiger partial charge on any atom is 0.306 e. The third-order valence-corrected chi connectivity index (χ3v) is 12.0. The number of unbranched alkanes of at least 4 members (excludes halogenated alkanes) is 15. The third-order valence-electron chi connectivity index (χ3n) is 12.0. The molecule has 6 heteroatoms. The number of rotatable bonds is 52. The van der Waals surface area contributed by atoms with Crippen molar-refractivity contribution in [2.24, 2.45) is 0 Å². The zero-order valence-corrected chi connectivity index (χ0v) is 48.0. The van der Waals surface area contributed by atoms with Crippen LogP contribution in [0.25, 0.3) is 0 Å². The van der Waals surface area contributed by atoms with E-state index in [0.717, 1.165) is 103 Å². The van der Waals surface area contributed by atoms with Crippen LogP contribution in [0.3, 0.4) is 0 Å². The molecule has 1 atom stereocenters. The Balaban J connectivity index is 4.54. The molecule has 0 saturated carbocycles. The Morgan fingerprint density at radius 1 is 0.280 bits per heavy atom. The molecule has 0 radical (unpaired) electrons. The molecule has 0 heterocycles. The van der Waals surface area contributed by atoms with Crippen LogP contribution < -0.4 is 0 Å². The fourth-order valence-corrected chi connectivity index (χ4v) is 7.59. The van der Waals surface area contributed by atoms with E-state index in [-0.39, 0.29) is 50.4 Å². The van der Waals surface area contributed by atoms with Gasteiger partial charge >= 0.3 is 17.9 Å². The van der Waals surface area contributed by atoms with Gasteiger partial charge in [-0.1, -0.05) is 249 Å². The van der Waals surface area contributed by atoms with E-state index in [4.69, 9.17) is 14.2 Å². The summed E-state index contributed by atoms with van der Waals surface area (Å²) < 4.78 is 16.7. The topological polar surface area (TPSA) is 78.9 Å². The smallest absolute Gasteiger partial charge is 0.306 e. The lowest BCUT2D eigenvalue weighted by Crippen LogP contribution is -2.30. The van der Waals surface area contributed by atoms with Crippen molar-refractivity contribution in [1.29, 1.82) is 0 Å². The van der Waals surface area contributed by atoms with Gasteiger partial charge in [-0.3, -0.25) is 14.4 Å². The van der Waals surface area contributed by atoms with Gasteiger partial charge < -0.3 is 14.2 Å². The molecular formula is C69H108O6. The molecule has 0 aromatic heterocycles. The second-order valence-corrected chi connectivity index (χ2v) is 19.1. The van der Waals surface area contributed by atoms with Gasteiger partial charge in [0.1, 0.15) is 13.2 Å². The first-order valence-electron chi connectivity index (χ1n) is 30.0. The van der Waals surface area contributed by atoms with Gasteiger partial charge in [-0.25, -0.2) is 0 Å². The molecular weight excluding hydrogens is 925 g/mol. The number of carbonyl (C=O) groups excluding carboxylic acids is 3. The highest BCUT2D eigenvalue weighted by molar-refractivity contribution is 5.71. The maximum absolute atomic E-state index is 12.9. The zero-order chi connectivity index (χ0) is 54.3. The van der Waals surface area contributed by atoms with E-state index in [0.29, 0.717) is 12.8 Å². The van der Waals surface area contributed by atoms with Crippen LogP contribution >= 0.6 is 0 Å². The van der Waals surface area contributed by atoms with Crippen LogP contribution in [0, 0.1) is 0 Å². The molecule has 0 aromatic rings. The van der Waals surface area contributed by atoms with Crippen LogP contribution in [-0.2, 0) is 28.6 Å². The molecule has 0 rings (SSSR count). The molecule has 0 aliphatic heterocycles. The van der Waals surface area contributed by atoms with E-state index in [9.17, 15) is 14.4 Å². The fraction of sp³-hybridized carbons (Fsp3) is 0.580. The monoisotopic (exact) mass is 1030 g/mol. The molecule has 0 bridgehead atoms. The van der Waals surface area contributed by atoms with Crippen molar-refractivity contribution in [3.63, 3.8) is 0 Å². The molecule has 0 amide bonds. The normalized spacial score (nSPS) is 13.3. The summed E-state index contributed by atoms with van der Waals surface area (Å²) in [7, 11) is 0. The van der Waals surface area contributed by atoms with Crippen LogP contribution in [0.2, 0.25) is 0 Å². The highest BCUT2D eigenvalue weighted by Crippen LogP contribution is 2.14. The van der Waals surface area contributed by atoms with E-state index >= 15 is 0 Å². The quantitative estimate of drug-likeness (QED) is 0.0261. The Morgan fingerprint density at radius 3 is 0.933 bits per heavy atom. The molecule has 0 fully saturated rings. The summed E-state index contributed by atoms with van der Waals surface area (Å²) in [6.45, 7) is 6.27. The SMILES string of the molecule is CC/C=C\C/C=C\C/C=C\C/C=C\C/C=C\C/C=C\C/C=C\CCCC(=O)OCC(COC(=O)CC/C=C\C/C=C\C/C=C\C/C=C\CC)OC(=O)CCCCCCCCCCC/C=C\C/C=C\CCCCCCC. The largest absolute Gasteiger partial charge is 0.462 e. The summed E-state index contributed by atoms with van der Waals surface area (Å²) in [4.78, 5) is 38.2. The summed E-state index contributed by atoms with van der Waals surface area (Å²) in [6.07, 6.45) is 89.7. The van der Waals surface area contributed by atoms with Crippen LogP contribution in [0.4, 0.5) is 0 Å². The first kappa shape index (κ1) is 70.0. The molecule has 0 spiro atoms. The molecule has 0 aliphatic rings. The average Bonchev–Trinajstić information content (AvgIpc) is 3.41. The minimum Gasteiger partial charge on any atom is -0.462 e. The van der Waals surface area contributed by atoms with Crippen LogP contribution in [-0.4, -0.2) is 37.2 Å². The van der Waals surface area contributed by atoms with Crippen LogP contribution in [0.15, 0.2) is 158 Å². The Hall–Kier alpha value is -4.97. The van der Waals surface area contributed by atoms with E-state index in [1.807, 2.05) is 12.2 Å². The highest BCUT2D eigenvalue weighted by atomic mass is 16.6. The van der Waals surface area contributed by atoms with Crippen LogP contribution in [0.1, 0.15) is 239 Å². The number of hydrogen-bond acceptors (Lipinski definition) is 6. The Bertz CT molecular complexity index is 1710. The summed E-state index contributed by atoms with van der Waals surface area (Å²) >= 11 is 0. The van der Waals surface area contributed by atoms with Gasteiger partial charge in [0.05, 0.1) is 0 Å². The number of hydrogen-bond donors (Lipinski definition) is 0. The van der Waals surface area contributed by atoms with E-state index in [1.54, 1.807) is 0 Å². The maximum atomic E-state index is 12.9. The lowest BCUT2D eigenvalue weighted by molar-refractivity contribution is -0.166. The van der Waals surface area contributed by atoms with Crippen molar-refractivity contribution in [1.82, 2.24) is 0 Å². The van der Waals surface area contributed by atoms with Crippen molar-refractivity contribution in [2.45, 2.75) is 245 Å². The fourth-order valence-electron chi connectivity index (χ4n) is 7.59. The molecule has 75 heavy (non-hydrogen) atoms. The summed E-state index contributed by atoms with van der Waals surface area (Å²) in [5, 5.41) is 0. The zero-order valence-electron chi connectivity index (χ0n) is 48.0. The van der Waals surface area contributed by atoms with Gasteiger partial charge in [0.25, 0.3) is 0 Å². The van der Waals surface area contributed by atoms with Crippen LogP contribution in [0.5, 0.6) is 0 Å². The molecule has 6 nitrogen and oxygen atoms in total. The van der Waals surface area contributed by atoms with Gasteiger partial charge in [-0.2, -0.15) is 0 Å². The third kappa shape index (κ3) is 59.8. The van der Waals surface area contributed by atoms with Crippen molar-refractivity contribution < 1.29 is 28.6 Å². The lowest BCUT2D eigenvalue weighted by atomic mass is 10.1. The first-order valence-corrected chi connectivity index (χ1v) is 30.0. The number of ether oxygens (including phenoxy) is 3. The predicted octanol–water partition coefficient (Wildman–Crippen LogP) is 20.5. The van der Waals surface area contributed by atoms with Crippen molar-refractivity contribution in [3.8, 4) is 0 Å². The average molecular weight is 1030 g/mol. The minimum absolute atomic E-state index is 0.139. The lowest BCUT2D eigenvalue weighted by Gasteiger charge is -2.18. The molecule has 0 aromatic carbocycles. The summed E-state index contributed by atoms with van der Waals surface area (Å²) in [5.74, 6) is -1.09. The highest BCUT2D eigenvalue weighted by Gasteiger charge is 2.19. The van der Waals surface area contributed by atoms with Crippen molar-refractivity contribution >= 4 is 17.9 Å². The van der Waals surface area contributed by atoms with Gasteiger partial charge in [-0.05, 0) is 128 Å². The van der Waals surface area contributed by atoms with Gasteiger partial charge in [-0.15, -0.1) is 0 Å². The van der Waals surface area contributed by atoms with Crippen molar-refractivity contribution in [3.05, 3.63) is 158 Å². The molecule has 420 valence electrons. The summed E-state index contributed by atoms with van der Waals surface area (Å²) in [6, 6.07) is 0. The second kappa shape index (κ2) is 61.6. The molecule has 1 unspecified atom stereocenters. The number of esters is 3. The van der Waals surface area contributed by atoms with Gasteiger partial charge in [0, 0.05) is 19.3 Å².